The minimum atomic E-state index is -0.881. The van der Waals surface area contributed by atoms with Gasteiger partial charge in [-0.25, -0.2) is 0 Å². The molecule has 1 aliphatic rings. The number of nitrogens with zero attached hydrogens (tertiary/aromatic N) is 1. The van der Waals surface area contributed by atoms with Crippen molar-refractivity contribution in [3.63, 3.8) is 0 Å². The molecule has 0 saturated heterocycles. The number of hydrogen-bond acceptors (Lipinski definition) is 3. The lowest BCUT2D eigenvalue weighted by Gasteiger charge is -2.24. The molecule has 0 bridgehead atoms. The summed E-state index contributed by atoms with van der Waals surface area (Å²) in [5, 5.41) is 9.02. The molecule has 0 spiro atoms. The van der Waals surface area contributed by atoms with Gasteiger partial charge in [-0.3, -0.25) is 9.59 Å². The highest BCUT2D eigenvalue weighted by atomic mass is 16.5. The van der Waals surface area contributed by atoms with E-state index in [9.17, 15) is 9.59 Å². The summed E-state index contributed by atoms with van der Waals surface area (Å²) in [4.78, 5) is 25.0. The molecule has 1 saturated carbocycles. The molecule has 1 aromatic carbocycles. The highest BCUT2D eigenvalue weighted by Gasteiger charge is 2.34. The summed E-state index contributed by atoms with van der Waals surface area (Å²) >= 11 is 0. The standard InChI is InChI=1S/C17H23NO4/c1-11-4-5-12(2)15(8-11)22-10-16(19)18(14-6-7-14)9-13(3)17(20)21/h4-5,8,13-14H,6-7,9-10H2,1-3H3,(H,20,21). The molecule has 1 N–H and O–H groups in total. The molecular weight excluding hydrogens is 282 g/mol. The van der Waals surface area contributed by atoms with Crippen LogP contribution in [-0.2, 0) is 9.59 Å². The number of carboxylic acids is 1. The average molecular weight is 305 g/mol. The second kappa shape index (κ2) is 6.81. The summed E-state index contributed by atoms with van der Waals surface area (Å²) in [5.41, 5.74) is 2.06. The van der Waals surface area contributed by atoms with Gasteiger partial charge in [0.2, 0.25) is 0 Å². The Morgan fingerprint density at radius 3 is 2.64 bits per heavy atom. The number of aliphatic carboxylic acids is 1. The summed E-state index contributed by atoms with van der Waals surface area (Å²) in [5.74, 6) is -0.883. The van der Waals surface area contributed by atoms with Crippen molar-refractivity contribution < 1.29 is 19.4 Å². The van der Waals surface area contributed by atoms with E-state index in [0.717, 1.165) is 24.0 Å². The van der Waals surface area contributed by atoms with E-state index in [2.05, 4.69) is 0 Å². The summed E-state index contributed by atoms with van der Waals surface area (Å²) in [6, 6.07) is 6.04. The molecule has 1 amide bonds. The molecule has 1 aromatic rings. The van der Waals surface area contributed by atoms with Crippen LogP contribution >= 0.6 is 0 Å². The van der Waals surface area contributed by atoms with Crippen LogP contribution in [0.4, 0.5) is 0 Å². The van der Waals surface area contributed by atoms with Gasteiger partial charge in [0.25, 0.3) is 5.91 Å². The molecule has 5 nitrogen and oxygen atoms in total. The third kappa shape index (κ3) is 4.23. The summed E-state index contributed by atoms with van der Waals surface area (Å²) in [6.07, 6.45) is 1.89. The molecule has 22 heavy (non-hydrogen) atoms. The topological polar surface area (TPSA) is 66.8 Å². The monoisotopic (exact) mass is 305 g/mol. The molecule has 1 unspecified atom stereocenters. The molecule has 1 atom stereocenters. The number of benzene rings is 1. The SMILES string of the molecule is Cc1ccc(C)c(OCC(=O)N(CC(C)C(=O)O)C2CC2)c1. The van der Waals surface area contributed by atoms with Crippen LogP contribution in [-0.4, -0.2) is 41.1 Å². The molecule has 0 aliphatic heterocycles. The maximum Gasteiger partial charge on any atom is 0.308 e. The van der Waals surface area contributed by atoms with Crippen molar-refractivity contribution >= 4 is 11.9 Å². The van der Waals surface area contributed by atoms with Crippen LogP contribution in [0.5, 0.6) is 5.75 Å². The van der Waals surface area contributed by atoms with E-state index in [-0.39, 0.29) is 25.1 Å². The number of carboxylic acid groups (broad SMARTS) is 1. The van der Waals surface area contributed by atoms with Crippen molar-refractivity contribution in [2.45, 2.75) is 39.7 Å². The number of aryl methyl sites for hydroxylation is 2. The maximum absolute atomic E-state index is 12.4. The van der Waals surface area contributed by atoms with Crippen LogP contribution in [0, 0.1) is 19.8 Å². The minimum Gasteiger partial charge on any atom is -0.483 e. The minimum absolute atomic E-state index is 0.0485. The van der Waals surface area contributed by atoms with Crippen molar-refractivity contribution in [1.29, 1.82) is 0 Å². The maximum atomic E-state index is 12.4. The number of rotatable bonds is 7. The van der Waals surface area contributed by atoms with Crippen LogP contribution in [0.1, 0.15) is 30.9 Å². The van der Waals surface area contributed by atoms with Gasteiger partial charge in [0, 0.05) is 12.6 Å². The normalized spacial score (nSPS) is 15.2. The molecule has 0 heterocycles. The molecule has 1 aliphatic carbocycles. The highest BCUT2D eigenvalue weighted by Crippen LogP contribution is 2.28. The van der Waals surface area contributed by atoms with Crippen molar-refractivity contribution in [2.75, 3.05) is 13.2 Å². The van der Waals surface area contributed by atoms with Crippen LogP contribution < -0.4 is 4.74 Å². The number of carbonyl (C=O) groups excluding carboxylic acids is 1. The Morgan fingerprint density at radius 1 is 1.36 bits per heavy atom. The smallest absolute Gasteiger partial charge is 0.308 e. The lowest BCUT2D eigenvalue weighted by molar-refractivity contribution is -0.143. The van der Waals surface area contributed by atoms with Gasteiger partial charge < -0.3 is 14.7 Å². The van der Waals surface area contributed by atoms with Gasteiger partial charge in [0.1, 0.15) is 5.75 Å². The Kier molecular flexibility index (Phi) is 5.06. The van der Waals surface area contributed by atoms with Crippen LogP contribution in [0.25, 0.3) is 0 Å². The first-order chi connectivity index (χ1) is 10.4. The lowest BCUT2D eigenvalue weighted by Crippen LogP contribution is -2.41. The number of carbonyl (C=O) groups is 2. The van der Waals surface area contributed by atoms with Gasteiger partial charge >= 0.3 is 5.97 Å². The van der Waals surface area contributed by atoms with Crippen molar-refractivity contribution in [3.8, 4) is 5.75 Å². The van der Waals surface area contributed by atoms with E-state index in [1.54, 1.807) is 11.8 Å². The quantitative estimate of drug-likeness (QED) is 0.840. The number of hydrogen-bond donors (Lipinski definition) is 1. The molecule has 120 valence electrons. The second-order valence-corrected chi connectivity index (χ2v) is 6.07. The Balaban J connectivity index is 1.96. The van der Waals surface area contributed by atoms with E-state index in [1.807, 2.05) is 32.0 Å². The summed E-state index contributed by atoms with van der Waals surface area (Å²) < 4.78 is 5.64. The third-order valence-electron chi connectivity index (χ3n) is 3.89. The van der Waals surface area contributed by atoms with Crippen LogP contribution in [0.2, 0.25) is 0 Å². The Bertz CT molecular complexity index is 566. The van der Waals surface area contributed by atoms with Gasteiger partial charge in [0.15, 0.2) is 6.61 Å². The Labute approximate surface area is 130 Å². The largest absolute Gasteiger partial charge is 0.483 e. The Morgan fingerprint density at radius 2 is 2.05 bits per heavy atom. The molecule has 2 rings (SSSR count). The van der Waals surface area contributed by atoms with E-state index in [4.69, 9.17) is 9.84 Å². The fourth-order valence-corrected chi connectivity index (χ4v) is 2.30. The zero-order chi connectivity index (χ0) is 16.3. The molecule has 0 radical (unpaired) electrons. The summed E-state index contributed by atoms with van der Waals surface area (Å²) in [7, 11) is 0. The van der Waals surface area contributed by atoms with E-state index < -0.39 is 11.9 Å². The van der Waals surface area contributed by atoms with Crippen molar-refractivity contribution in [3.05, 3.63) is 29.3 Å². The first-order valence-corrected chi connectivity index (χ1v) is 7.61. The second-order valence-electron chi connectivity index (χ2n) is 6.07. The fourth-order valence-electron chi connectivity index (χ4n) is 2.30. The predicted octanol–water partition coefficient (Wildman–Crippen LogP) is 2.39. The average Bonchev–Trinajstić information content (AvgIpc) is 3.29. The van der Waals surface area contributed by atoms with Gasteiger partial charge in [-0.05, 0) is 43.9 Å². The molecule has 1 fully saturated rings. The van der Waals surface area contributed by atoms with Crippen LogP contribution in [0.15, 0.2) is 18.2 Å². The molecule has 5 heteroatoms. The van der Waals surface area contributed by atoms with Crippen molar-refractivity contribution in [2.24, 2.45) is 5.92 Å². The first-order valence-electron chi connectivity index (χ1n) is 7.61. The van der Waals surface area contributed by atoms with Gasteiger partial charge in [-0.2, -0.15) is 0 Å². The lowest BCUT2D eigenvalue weighted by atomic mass is 10.1. The van der Waals surface area contributed by atoms with Crippen molar-refractivity contribution in [1.82, 2.24) is 4.90 Å². The van der Waals surface area contributed by atoms with Crippen LogP contribution in [0.3, 0.4) is 0 Å². The first kappa shape index (κ1) is 16.3. The number of amides is 1. The van der Waals surface area contributed by atoms with Gasteiger partial charge in [-0.15, -0.1) is 0 Å². The third-order valence-corrected chi connectivity index (χ3v) is 3.89. The van der Waals surface area contributed by atoms with E-state index in [1.165, 1.54) is 0 Å². The Hall–Kier alpha value is -2.04. The number of ether oxygens (including phenoxy) is 1. The van der Waals surface area contributed by atoms with E-state index in [0.29, 0.717) is 5.75 Å². The fraction of sp³-hybridized carbons (Fsp3) is 0.529. The van der Waals surface area contributed by atoms with Gasteiger partial charge in [-0.1, -0.05) is 19.1 Å². The molecular formula is C17H23NO4. The zero-order valence-electron chi connectivity index (χ0n) is 13.3. The zero-order valence-corrected chi connectivity index (χ0v) is 13.3. The highest BCUT2D eigenvalue weighted by molar-refractivity contribution is 5.79. The molecule has 0 aromatic heterocycles. The van der Waals surface area contributed by atoms with E-state index >= 15 is 0 Å². The predicted molar refractivity (Wildman–Crippen MR) is 82.9 cm³/mol. The summed E-state index contributed by atoms with van der Waals surface area (Å²) in [6.45, 7) is 5.72. The van der Waals surface area contributed by atoms with Gasteiger partial charge in [0.05, 0.1) is 5.92 Å².